The molecule has 2 aliphatic carbocycles. The molecule has 0 atom stereocenters. The van der Waals surface area contributed by atoms with Crippen molar-refractivity contribution in [3.8, 4) is 17.3 Å². The van der Waals surface area contributed by atoms with Crippen LogP contribution in [0.1, 0.15) is 36.9 Å². The maximum atomic E-state index is 12.4. The van der Waals surface area contributed by atoms with Crippen molar-refractivity contribution in [2.24, 2.45) is 5.92 Å². The van der Waals surface area contributed by atoms with Crippen molar-refractivity contribution in [3.05, 3.63) is 29.6 Å². The highest BCUT2D eigenvalue weighted by molar-refractivity contribution is 5.84. The molecule has 0 amide bonds. The summed E-state index contributed by atoms with van der Waals surface area (Å²) in [6.45, 7) is 1.86. The van der Waals surface area contributed by atoms with E-state index >= 15 is 0 Å². The molecule has 0 unspecified atom stereocenters. The van der Waals surface area contributed by atoms with Crippen molar-refractivity contribution in [3.63, 3.8) is 0 Å². The maximum absolute atomic E-state index is 12.4. The molecule has 1 fully saturated rings. The summed E-state index contributed by atoms with van der Waals surface area (Å²) < 4.78 is 5.85. The lowest BCUT2D eigenvalue weighted by atomic mass is 10.1. The largest absolute Gasteiger partial charge is 0.492 e. The van der Waals surface area contributed by atoms with Crippen LogP contribution in [0.2, 0.25) is 0 Å². The Morgan fingerprint density at radius 1 is 1.20 bits per heavy atom. The van der Waals surface area contributed by atoms with Gasteiger partial charge in [0.1, 0.15) is 23.9 Å². The molecule has 0 bridgehead atoms. The zero-order valence-corrected chi connectivity index (χ0v) is 18.2. The van der Waals surface area contributed by atoms with E-state index in [1.807, 2.05) is 38.2 Å². The quantitative estimate of drug-likeness (QED) is 0.597. The van der Waals surface area contributed by atoms with Crippen molar-refractivity contribution >= 4 is 11.6 Å². The normalized spacial score (nSPS) is 15.3. The van der Waals surface area contributed by atoms with Crippen molar-refractivity contribution < 1.29 is 9.53 Å². The van der Waals surface area contributed by atoms with E-state index in [0.717, 1.165) is 43.1 Å². The van der Waals surface area contributed by atoms with Crippen molar-refractivity contribution in [1.29, 1.82) is 0 Å². The van der Waals surface area contributed by atoms with Gasteiger partial charge in [-0.15, -0.1) is 0 Å². The highest BCUT2D eigenvalue weighted by Crippen LogP contribution is 2.34. The van der Waals surface area contributed by atoms with Crippen LogP contribution in [0.3, 0.4) is 0 Å². The third-order valence-electron chi connectivity index (χ3n) is 5.67. The summed E-state index contributed by atoms with van der Waals surface area (Å²) in [6, 6.07) is 3.75. The summed E-state index contributed by atoms with van der Waals surface area (Å²) in [5, 5.41) is 0. The molecule has 0 spiro atoms. The smallest absolute Gasteiger partial charge is 0.180 e. The number of rotatable bonds is 10. The van der Waals surface area contributed by atoms with E-state index in [9.17, 15) is 4.79 Å². The molecule has 2 heterocycles. The molecule has 30 heavy (non-hydrogen) atoms. The number of ketones is 1. The molecule has 1 saturated carbocycles. The van der Waals surface area contributed by atoms with E-state index < -0.39 is 0 Å². The zero-order chi connectivity index (χ0) is 21.1. The van der Waals surface area contributed by atoms with Gasteiger partial charge >= 0.3 is 0 Å². The second kappa shape index (κ2) is 9.08. The number of aromatic nitrogens is 3. The number of hydrogen-bond donors (Lipinski definition) is 0. The number of pyridine rings is 1. The van der Waals surface area contributed by atoms with Gasteiger partial charge in [0.25, 0.3) is 0 Å². The molecule has 0 N–H and O–H groups in total. The predicted octanol–water partition coefficient (Wildman–Crippen LogP) is 2.77. The minimum atomic E-state index is 0.293. The number of fused-ring (bicyclic) bond motifs is 1. The Morgan fingerprint density at radius 2 is 2.03 bits per heavy atom. The molecule has 4 rings (SSSR count). The number of anilines is 1. The van der Waals surface area contributed by atoms with Crippen LogP contribution in [0.15, 0.2) is 18.3 Å². The van der Waals surface area contributed by atoms with Crippen LogP contribution < -0.4 is 9.64 Å². The Bertz CT molecular complexity index is 910. The van der Waals surface area contributed by atoms with Crippen LogP contribution >= 0.6 is 0 Å². The van der Waals surface area contributed by atoms with Gasteiger partial charge in [-0.25, -0.2) is 9.97 Å². The Hall–Kier alpha value is -2.54. The summed E-state index contributed by atoms with van der Waals surface area (Å²) in [5.41, 5.74) is 2.96. The summed E-state index contributed by atoms with van der Waals surface area (Å²) >= 11 is 0. The van der Waals surface area contributed by atoms with Gasteiger partial charge in [-0.1, -0.05) is 0 Å². The average Bonchev–Trinajstić information content (AvgIpc) is 3.39. The third-order valence-corrected chi connectivity index (χ3v) is 5.67. The minimum Gasteiger partial charge on any atom is -0.492 e. The number of Topliss-reactive ketones (excluding diaryl/α,β-unsaturated/α-hetero) is 1. The van der Waals surface area contributed by atoms with Gasteiger partial charge in [-0.2, -0.15) is 0 Å². The van der Waals surface area contributed by atoms with E-state index in [1.165, 1.54) is 18.4 Å². The van der Waals surface area contributed by atoms with Crippen LogP contribution in [0, 0.1) is 5.92 Å². The average molecular weight is 410 g/mol. The summed E-state index contributed by atoms with van der Waals surface area (Å²) in [7, 11) is 6.00. The van der Waals surface area contributed by atoms with Gasteiger partial charge in [-0.3, -0.25) is 9.78 Å². The lowest BCUT2D eigenvalue weighted by Crippen LogP contribution is -2.28. The van der Waals surface area contributed by atoms with E-state index in [1.54, 1.807) is 6.20 Å². The molecule has 7 heteroatoms. The molecule has 2 aromatic rings. The molecule has 160 valence electrons. The number of hydrogen-bond acceptors (Lipinski definition) is 7. The molecule has 0 radical (unpaired) electrons. The fourth-order valence-electron chi connectivity index (χ4n) is 3.86. The van der Waals surface area contributed by atoms with Gasteiger partial charge in [0.15, 0.2) is 11.6 Å². The van der Waals surface area contributed by atoms with Crippen LogP contribution in [0.5, 0.6) is 5.75 Å². The van der Waals surface area contributed by atoms with Gasteiger partial charge in [0, 0.05) is 43.5 Å². The SMILES string of the molecule is CN(C)CCOc1ccnc(-c2nc3c(c(N(C)CC(=O)CC4CC4)n2)CCC3)c1. The van der Waals surface area contributed by atoms with Gasteiger partial charge < -0.3 is 14.5 Å². The molecule has 2 aromatic heterocycles. The first-order chi connectivity index (χ1) is 14.5. The lowest BCUT2D eigenvalue weighted by Gasteiger charge is -2.21. The lowest BCUT2D eigenvalue weighted by molar-refractivity contribution is -0.118. The maximum Gasteiger partial charge on any atom is 0.180 e. The molecule has 0 aliphatic heterocycles. The fourth-order valence-corrected chi connectivity index (χ4v) is 3.86. The highest BCUT2D eigenvalue weighted by Gasteiger charge is 2.27. The first kappa shape index (κ1) is 20.7. The number of carbonyl (C=O) groups is 1. The Balaban J connectivity index is 1.55. The Labute approximate surface area is 178 Å². The Morgan fingerprint density at radius 3 is 2.80 bits per heavy atom. The number of aryl methyl sites for hydroxylation is 1. The molecule has 0 saturated heterocycles. The van der Waals surface area contributed by atoms with Crippen molar-refractivity contribution in [2.75, 3.05) is 45.7 Å². The molecular weight excluding hydrogens is 378 g/mol. The monoisotopic (exact) mass is 409 g/mol. The first-order valence-electron chi connectivity index (χ1n) is 10.9. The predicted molar refractivity (Wildman–Crippen MR) is 117 cm³/mol. The highest BCUT2D eigenvalue weighted by atomic mass is 16.5. The van der Waals surface area contributed by atoms with Crippen LogP contribution in [-0.4, -0.2) is 66.5 Å². The second-order valence-electron chi connectivity index (χ2n) is 8.72. The number of nitrogens with zero attached hydrogens (tertiary/aromatic N) is 5. The molecule has 7 nitrogen and oxygen atoms in total. The molecule has 0 aromatic carbocycles. The van der Waals surface area contributed by atoms with Gasteiger partial charge in [0.05, 0.1) is 6.54 Å². The van der Waals surface area contributed by atoms with Crippen LogP contribution in [0.4, 0.5) is 5.82 Å². The van der Waals surface area contributed by atoms with Crippen LogP contribution in [-0.2, 0) is 17.6 Å². The number of ether oxygens (including phenoxy) is 1. The topological polar surface area (TPSA) is 71.5 Å². The summed E-state index contributed by atoms with van der Waals surface area (Å²) in [5.74, 6) is 3.14. The fraction of sp³-hybridized carbons (Fsp3) is 0.565. The number of carbonyl (C=O) groups excluding carboxylic acids is 1. The van der Waals surface area contributed by atoms with Gasteiger partial charge in [0.2, 0.25) is 0 Å². The van der Waals surface area contributed by atoms with Crippen LogP contribution in [0.25, 0.3) is 11.5 Å². The standard InChI is InChI=1S/C23H31N5O2/c1-27(2)11-12-30-18-9-10-24-21(14-18)22-25-20-6-4-5-19(20)23(26-22)28(3)15-17(29)13-16-7-8-16/h9-10,14,16H,4-8,11-13,15H2,1-3H3. The van der Waals surface area contributed by atoms with E-state index in [4.69, 9.17) is 14.7 Å². The molecular formula is C23H31N5O2. The third kappa shape index (κ3) is 5.14. The van der Waals surface area contributed by atoms with Crippen molar-refractivity contribution in [2.45, 2.75) is 38.5 Å². The first-order valence-corrected chi connectivity index (χ1v) is 10.9. The van der Waals surface area contributed by atoms with Crippen molar-refractivity contribution in [1.82, 2.24) is 19.9 Å². The summed E-state index contributed by atoms with van der Waals surface area (Å²) in [6.07, 6.45) is 7.81. The summed E-state index contributed by atoms with van der Waals surface area (Å²) in [4.78, 5) is 30.6. The van der Waals surface area contributed by atoms with E-state index in [-0.39, 0.29) is 0 Å². The second-order valence-corrected chi connectivity index (χ2v) is 8.72. The number of likely N-dealkylation sites (N-methyl/N-ethyl adjacent to an activating group) is 2. The van der Waals surface area contributed by atoms with E-state index in [2.05, 4.69) is 9.88 Å². The minimum absolute atomic E-state index is 0.293. The zero-order valence-electron chi connectivity index (χ0n) is 18.2. The Kier molecular flexibility index (Phi) is 6.27. The van der Waals surface area contributed by atoms with E-state index in [0.29, 0.717) is 42.8 Å². The molecule has 2 aliphatic rings. The van der Waals surface area contributed by atoms with Gasteiger partial charge in [-0.05, 0) is 58.2 Å².